The van der Waals surface area contributed by atoms with Crippen molar-refractivity contribution in [3.63, 3.8) is 0 Å². The summed E-state index contributed by atoms with van der Waals surface area (Å²) in [6, 6.07) is 13.1. The molecule has 1 fully saturated rings. The number of carbonyl (C=O) groups excluding carboxylic acids is 2. The Morgan fingerprint density at radius 1 is 1.16 bits per heavy atom. The molecule has 1 atom stereocenters. The maximum absolute atomic E-state index is 13.1. The van der Waals surface area contributed by atoms with Gasteiger partial charge in [0.2, 0.25) is 0 Å². The Balaban J connectivity index is 2.10. The third-order valence-electron chi connectivity index (χ3n) is 5.26. The van der Waals surface area contributed by atoms with Crippen molar-refractivity contribution < 1.29 is 24.2 Å². The van der Waals surface area contributed by atoms with Gasteiger partial charge in [-0.1, -0.05) is 30.9 Å². The third-order valence-corrected chi connectivity index (χ3v) is 5.26. The maximum Gasteiger partial charge on any atom is 0.295 e. The molecular formula is C25H28N2O5. The Morgan fingerprint density at radius 3 is 2.47 bits per heavy atom. The van der Waals surface area contributed by atoms with Crippen LogP contribution in [0.15, 0.2) is 66.8 Å². The first-order valence-corrected chi connectivity index (χ1v) is 10.3. The van der Waals surface area contributed by atoms with Gasteiger partial charge in [-0.15, -0.1) is 0 Å². The lowest BCUT2D eigenvalue weighted by atomic mass is 9.94. The van der Waals surface area contributed by atoms with E-state index in [1.807, 2.05) is 31.1 Å². The first-order chi connectivity index (χ1) is 15.4. The SMILES string of the molecule is C=CCOc1ccc(/C(O)=C2\C(=O)C(=O)N(CCN(C)C)[C@H]2c2ccccc2OC)cc1. The number of likely N-dealkylation sites (tertiary alicyclic amines) is 1. The van der Waals surface area contributed by atoms with E-state index in [-0.39, 0.29) is 11.3 Å². The highest BCUT2D eigenvalue weighted by Gasteiger charge is 2.46. The lowest BCUT2D eigenvalue weighted by molar-refractivity contribution is -0.140. The fourth-order valence-corrected chi connectivity index (χ4v) is 3.65. The van der Waals surface area contributed by atoms with Crippen LogP contribution in [0.4, 0.5) is 0 Å². The zero-order valence-corrected chi connectivity index (χ0v) is 18.6. The molecule has 0 bridgehead atoms. The van der Waals surface area contributed by atoms with Gasteiger partial charge in [0.25, 0.3) is 11.7 Å². The summed E-state index contributed by atoms with van der Waals surface area (Å²) in [5.74, 6) is -0.455. The Bertz CT molecular complexity index is 1030. The molecule has 0 radical (unpaired) electrons. The van der Waals surface area contributed by atoms with E-state index >= 15 is 0 Å². The summed E-state index contributed by atoms with van der Waals surface area (Å²) < 4.78 is 11.0. The van der Waals surface area contributed by atoms with E-state index in [9.17, 15) is 14.7 Å². The van der Waals surface area contributed by atoms with Crippen molar-refractivity contribution in [2.75, 3.05) is 40.9 Å². The second-order valence-electron chi connectivity index (χ2n) is 7.66. The molecule has 3 rings (SSSR count). The molecule has 1 aliphatic rings. The Kier molecular flexibility index (Phi) is 7.33. The maximum atomic E-state index is 13.1. The summed E-state index contributed by atoms with van der Waals surface area (Å²) in [4.78, 5) is 29.5. The van der Waals surface area contributed by atoms with Crippen LogP contribution >= 0.6 is 0 Å². The standard InChI is InChI=1S/C25H28N2O5/c1-5-16-32-18-12-10-17(11-13-18)23(28)21-22(19-8-6-7-9-20(19)31-4)27(15-14-26(2)3)25(30)24(21)29/h5-13,22,28H,1,14-16H2,2-4H3/b23-21+/t22-/m0/s1. The van der Waals surface area contributed by atoms with Crippen molar-refractivity contribution >= 4 is 17.4 Å². The van der Waals surface area contributed by atoms with Crippen molar-refractivity contribution in [1.82, 2.24) is 9.80 Å². The largest absolute Gasteiger partial charge is 0.507 e. The molecule has 7 heteroatoms. The predicted molar refractivity (Wildman–Crippen MR) is 123 cm³/mol. The van der Waals surface area contributed by atoms with Gasteiger partial charge in [0, 0.05) is 24.2 Å². The first-order valence-electron chi connectivity index (χ1n) is 10.3. The number of benzene rings is 2. The normalized spacial score (nSPS) is 17.6. The highest BCUT2D eigenvalue weighted by atomic mass is 16.5. The van der Waals surface area contributed by atoms with Gasteiger partial charge in [-0.05, 0) is 44.4 Å². The second kappa shape index (κ2) is 10.2. The fraction of sp³-hybridized carbons (Fsp3) is 0.280. The van der Waals surface area contributed by atoms with Crippen molar-refractivity contribution in [3.05, 3.63) is 77.9 Å². The number of likely N-dealkylation sites (N-methyl/N-ethyl adjacent to an activating group) is 1. The second-order valence-corrected chi connectivity index (χ2v) is 7.66. The molecule has 0 unspecified atom stereocenters. The van der Waals surface area contributed by atoms with Crippen molar-refractivity contribution in [1.29, 1.82) is 0 Å². The molecule has 1 N–H and O–H groups in total. The van der Waals surface area contributed by atoms with Crippen LogP contribution in [0.25, 0.3) is 5.76 Å². The number of nitrogens with zero attached hydrogens (tertiary/aromatic N) is 2. The van der Waals surface area contributed by atoms with Crippen LogP contribution in [0.2, 0.25) is 0 Å². The molecule has 32 heavy (non-hydrogen) atoms. The summed E-state index contributed by atoms with van der Waals surface area (Å²) in [6.45, 7) is 4.86. The van der Waals surface area contributed by atoms with E-state index in [0.717, 1.165) is 0 Å². The van der Waals surface area contributed by atoms with Gasteiger partial charge < -0.3 is 24.4 Å². The topological polar surface area (TPSA) is 79.3 Å². The van der Waals surface area contributed by atoms with Gasteiger partial charge in [0.15, 0.2) is 0 Å². The molecule has 2 aromatic carbocycles. The van der Waals surface area contributed by atoms with Gasteiger partial charge in [-0.3, -0.25) is 9.59 Å². The smallest absolute Gasteiger partial charge is 0.295 e. The zero-order chi connectivity index (χ0) is 23.3. The van der Waals surface area contributed by atoms with Crippen LogP contribution in [0.5, 0.6) is 11.5 Å². The molecule has 1 aliphatic heterocycles. The van der Waals surface area contributed by atoms with Crippen LogP contribution < -0.4 is 9.47 Å². The van der Waals surface area contributed by atoms with Crippen molar-refractivity contribution in [2.24, 2.45) is 0 Å². The number of hydrogen-bond donors (Lipinski definition) is 1. The number of aliphatic hydroxyl groups is 1. The van der Waals surface area contributed by atoms with Crippen LogP contribution in [-0.4, -0.2) is 67.5 Å². The number of ether oxygens (including phenoxy) is 2. The number of ketones is 1. The zero-order valence-electron chi connectivity index (χ0n) is 18.6. The number of rotatable bonds is 9. The lowest BCUT2D eigenvalue weighted by Gasteiger charge is -2.27. The molecule has 7 nitrogen and oxygen atoms in total. The highest BCUT2D eigenvalue weighted by Crippen LogP contribution is 2.42. The van der Waals surface area contributed by atoms with Gasteiger partial charge in [-0.2, -0.15) is 0 Å². The number of Topliss-reactive ketones (excluding diaryl/α,β-unsaturated/α-hetero) is 1. The van der Waals surface area contributed by atoms with Crippen molar-refractivity contribution in [2.45, 2.75) is 6.04 Å². The molecule has 1 heterocycles. The lowest BCUT2D eigenvalue weighted by Crippen LogP contribution is -2.35. The summed E-state index contributed by atoms with van der Waals surface area (Å²) in [5.41, 5.74) is 1.10. The minimum atomic E-state index is -0.761. The number of carbonyl (C=O) groups is 2. The van der Waals surface area contributed by atoms with Gasteiger partial charge in [0.05, 0.1) is 18.7 Å². The number of methoxy groups -OCH3 is 1. The summed E-state index contributed by atoms with van der Waals surface area (Å²) >= 11 is 0. The quantitative estimate of drug-likeness (QED) is 0.281. The van der Waals surface area contributed by atoms with Crippen molar-refractivity contribution in [3.8, 4) is 11.5 Å². The van der Waals surface area contributed by atoms with Gasteiger partial charge in [0.1, 0.15) is 23.9 Å². The van der Waals surface area contributed by atoms with Crippen LogP contribution in [0.3, 0.4) is 0 Å². The summed E-state index contributed by atoms with van der Waals surface area (Å²) in [6.07, 6.45) is 1.64. The molecule has 0 aromatic heterocycles. The Hall–Kier alpha value is -3.58. The number of amides is 1. The Morgan fingerprint density at radius 2 is 1.84 bits per heavy atom. The number of hydrogen-bond acceptors (Lipinski definition) is 6. The van der Waals surface area contributed by atoms with E-state index in [2.05, 4.69) is 6.58 Å². The fourth-order valence-electron chi connectivity index (χ4n) is 3.65. The van der Waals surface area contributed by atoms with E-state index in [0.29, 0.717) is 42.3 Å². The van der Waals surface area contributed by atoms with Crippen LogP contribution in [0, 0.1) is 0 Å². The third kappa shape index (κ3) is 4.68. The minimum Gasteiger partial charge on any atom is -0.507 e. The molecule has 1 saturated heterocycles. The average Bonchev–Trinajstić information content (AvgIpc) is 3.05. The number of para-hydroxylation sites is 1. The summed E-state index contributed by atoms with van der Waals surface area (Å²) in [7, 11) is 5.32. The van der Waals surface area contributed by atoms with Gasteiger partial charge >= 0.3 is 0 Å². The molecular weight excluding hydrogens is 408 g/mol. The van der Waals surface area contributed by atoms with Crippen LogP contribution in [-0.2, 0) is 9.59 Å². The molecule has 2 aromatic rings. The predicted octanol–water partition coefficient (Wildman–Crippen LogP) is 3.24. The highest BCUT2D eigenvalue weighted by molar-refractivity contribution is 6.46. The average molecular weight is 437 g/mol. The minimum absolute atomic E-state index is 0.0398. The summed E-state index contributed by atoms with van der Waals surface area (Å²) in [5, 5.41) is 11.1. The molecule has 0 saturated carbocycles. The first kappa shape index (κ1) is 23.1. The molecule has 0 aliphatic carbocycles. The number of aliphatic hydroxyl groups excluding tert-OH is 1. The molecule has 0 spiro atoms. The monoisotopic (exact) mass is 436 g/mol. The van der Waals surface area contributed by atoms with Crippen LogP contribution in [0.1, 0.15) is 17.2 Å². The molecule has 1 amide bonds. The molecule has 168 valence electrons. The van der Waals surface area contributed by atoms with Gasteiger partial charge in [-0.25, -0.2) is 0 Å². The van der Waals surface area contributed by atoms with E-state index < -0.39 is 17.7 Å². The Labute approximate surface area is 188 Å². The van der Waals surface area contributed by atoms with E-state index in [1.165, 1.54) is 12.0 Å². The van der Waals surface area contributed by atoms with E-state index in [4.69, 9.17) is 9.47 Å². The van der Waals surface area contributed by atoms with E-state index in [1.54, 1.807) is 42.5 Å².